The second-order valence-corrected chi connectivity index (χ2v) is 8.25. The van der Waals surface area contributed by atoms with E-state index in [-0.39, 0.29) is 17.8 Å². The number of nitrogens with one attached hydrogen (secondary N) is 1. The second-order valence-electron chi connectivity index (χ2n) is 6.36. The maximum absolute atomic E-state index is 12.4. The van der Waals surface area contributed by atoms with Crippen LogP contribution in [-0.4, -0.2) is 48.9 Å². The molecule has 2 rings (SSSR count). The zero-order valence-electron chi connectivity index (χ0n) is 13.8. The van der Waals surface area contributed by atoms with E-state index in [1.54, 1.807) is 4.90 Å². The fraction of sp³-hybridized carbons (Fsp3) is 0.786. The van der Waals surface area contributed by atoms with Gasteiger partial charge in [-0.1, -0.05) is 18.9 Å². The summed E-state index contributed by atoms with van der Waals surface area (Å²) in [6.07, 6.45) is 4.74. The van der Waals surface area contributed by atoms with Crippen molar-refractivity contribution in [2.75, 3.05) is 19.3 Å². The van der Waals surface area contributed by atoms with Crippen molar-refractivity contribution >= 4 is 15.9 Å². The quantitative estimate of drug-likeness (QED) is 0.872. The summed E-state index contributed by atoms with van der Waals surface area (Å²) in [7, 11) is -3.56. The molecule has 1 aliphatic heterocycles. The van der Waals surface area contributed by atoms with E-state index in [2.05, 4.69) is 15.5 Å². The van der Waals surface area contributed by atoms with Crippen molar-refractivity contribution in [1.82, 2.24) is 20.4 Å². The Morgan fingerprint density at radius 2 is 1.91 bits per heavy atom. The molecule has 1 saturated heterocycles. The van der Waals surface area contributed by atoms with E-state index in [0.29, 0.717) is 6.42 Å². The van der Waals surface area contributed by atoms with Crippen LogP contribution in [0.3, 0.4) is 0 Å². The maximum Gasteiger partial charge on any atom is 0.335 e. The smallest absolute Gasteiger partial charge is 0.335 e. The number of carbonyl (C=O) groups excluding carboxylic acids is 1. The molecule has 0 unspecified atom stereocenters. The van der Waals surface area contributed by atoms with Gasteiger partial charge in [0, 0.05) is 19.3 Å². The number of urea groups is 1. The van der Waals surface area contributed by atoms with Gasteiger partial charge in [0.15, 0.2) is 0 Å². The molecular formula is C14H24N4O4S. The van der Waals surface area contributed by atoms with Crippen LogP contribution in [0.15, 0.2) is 9.64 Å². The highest BCUT2D eigenvalue weighted by molar-refractivity contribution is 7.90. The monoisotopic (exact) mass is 344 g/mol. The molecule has 0 bridgehead atoms. The molecule has 1 N–H and O–H groups in total. The van der Waals surface area contributed by atoms with Crippen LogP contribution in [0, 0.1) is 5.92 Å². The molecular weight excluding hydrogens is 320 g/mol. The molecule has 1 aromatic heterocycles. The molecule has 8 nitrogen and oxygen atoms in total. The van der Waals surface area contributed by atoms with E-state index in [1.165, 1.54) is 0 Å². The summed E-state index contributed by atoms with van der Waals surface area (Å²) in [5, 5.41) is 9.84. The highest BCUT2D eigenvalue weighted by Crippen LogP contribution is 2.22. The van der Waals surface area contributed by atoms with Crippen LogP contribution in [0.1, 0.15) is 51.5 Å². The molecule has 1 fully saturated rings. The third kappa shape index (κ3) is 4.92. The highest BCUT2D eigenvalue weighted by Gasteiger charge is 2.27. The van der Waals surface area contributed by atoms with Gasteiger partial charge in [-0.15, -0.1) is 5.10 Å². The van der Waals surface area contributed by atoms with Gasteiger partial charge in [-0.3, -0.25) is 0 Å². The third-order valence-corrected chi connectivity index (χ3v) is 4.48. The zero-order valence-corrected chi connectivity index (χ0v) is 14.6. The number of sulfone groups is 1. The normalized spacial score (nSPS) is 17.3. The maximum atomic E-state index is 12.4. The molecule has 1 aliphatic rings. The molecule has 130 valence electrons. The highest BCUT2D eigenvalue weighted by atomic mass is 32.2. The molecule has 9 heteroatoms. The predicted molar refractivity (Wildman–Crippen MR) is 83.6 cm³/mol. The Kier molecular flexibility index (Phi) is 5.61. The molecule has 0 aliphatic carbocycles. The number of hydrogen-bond acceptors (Lipinski definition) is 6. The Balaban J connectivity index is 2.13. The lowest BCUT2D eigenvalue weighted by atomic mass is 10.0. The topological polar surface area (TPSA) is 105 Å². The summed E-state index contributed by atoms with van der Waals surface area (Å²) < 4.78 is 28.2. The van der Waals surface area contributed by atoms with Crippen LogP contribution in [0.5, 0.6) is 0 Å². The van der Waals surface area contributed by atoms with E-state index in [1.807, 2.05) is 13.8 Å². The average Bonchev–Trinajstić information content (AvgIpc) is 2.97. The fourth-order valence-corrected chi connectivity index (χ4v) is 2.97. The van der Waals surface area contributed by atoms with Gasteiger partial charge >= 0.3 is 11.3 Å². The first-order chi connectivity index (χ1) is 10.8. The summed E-state index contributed by atoms with van der Waals surface area (Å²) >= 11 is 0. The van der Waals surface area contributed by atoms with Gasteiger partial charge < -0.3 is 14.6 Å². The number of carbonyl (C=O) groups is 1. The standard InChI is InChI=1S/C14H24N4O4S/c1-10(2)9-11(12-16-17-14(22-12)23(3,20)21)15-13(19)18-7-5-4-6-8-18/h10-11H,4-9H2,1-3H3,(H,15,19)/t11-/m0/s1. The van der Waals surface area contributed by atoms with Gasteiger partial charge in [0.25, 0.3) is 0 Å². The lowest BCUT2D eigenvalue weighted by Crippen LogP contribution is -2.44. The van der Waals surface area contributed by atoms with E-state index >= 15 is 0 Å². The molecule has 23 heavy (non-hydrogen) atoms. The Labute approximate surface area is 136 Å². The first-order valence-corrected chi connectivity index (χ1v) is 9.75. The first-order valence-electron chi connectivity index (χ1n) is 7.86. The largest absolute Gasteiger partial charge is 0.410 e. The Bertz CT molecular complexity index is 635. The van der Waals surface area contributed by atoms with Crippen molar-refractivity contribution in [2.45, 2.75) is 50.8 Å². The zero-order chi connectivity index (χ0) is 17.0. The van der Waals surface area contributed by atoms with Gasteiger partial charge in [0.05, 0.1) is 0 Å². The number of likely N-dealkylation sites (tertiary alicyclic amines) is 1. The molecule has 1 atom stereocenters. The van der Waals surface area contributed by atoms with Crippen LogP contribution >= 0.6 is 0 Å². The number of nitrogens with zero attached hydrogens (tertiary/aromatic N) is 3. The van der Waals surface area contributed by atoms with Gasteiger partial charge in [0.2, 0.25) is 15.7 Å². The van der Waals surface area contributed by atoms with Gasteiger partial charge in [-0.05, 0) is 31.6 Å². The van der Waals surface area contributed by atoms with Crippen LogP contribution < -0.4 is 5.32 Å². The van der Waals surface area contributed by atoms with Crippen molar-refractivity contribution in [1.29, 1.82) is 0 Å². The molecule has 0 aromatic carbocycles. The minimum absolute atomic E-state index is 0.129. The van der Waals surface area contributed by atoms with Crippen molar-refractivity contribution in [3.8, 4) is 0 Å². The second kappa shape index (κ2) is 7.29. The summed E-state index contributed by atoms with van der Waals surface area (Å²) in [6, 6.07) is -0.665. The Morgan fingerprint density at radius 1 is 1.26 bits per heavy atom. The molecule has 2 amide bonds. The molecule has 1 aromatic rings. The number of amides is 2. The van der Waals surface area contributed by atoms with Crippen LogP contribution in [-0.2, 0) is 9.84 Å². The predicted octanol–water partition coefficient (Wildman–Crippen LogP) is 1.76. The number of aromatic nitrogens is 2. The first kappa shape index (κ1) is 17.7. The average molecular weight is 344 g/mol. The molecule has 2 heterocycles. The van der Waals surface area contributed by atoms with Crippen LogP contribution in [0.25, 0.3) is 0 Å². The van der Waals surface area contributed by atoms with Crippen molar-refractivity contribution < 1.29 is 17.6 Å². The Hall–Kier alpha value is -1.64. The van der Waals surface area contributed by atoms with E-state index in [9.17, 15) is 13.2 Å². The molecule has 0 radical (unpaired) electrons. The third-order valence-electron chi connectivity index (χ3n) is 3.69. The summed E-state index contributed by atoms with van der Waals surface area (Å²) in [5.74, 6) is 0.403. The van der Waals surface area contributed by atoms with Gasteiger partial charge in [0.1, 0.15) is 6.04 Å². The molecule has 0 saturated carbocycles. The molecule has 0 spiro atoms. The van der Waals surface area contributed by atoms with Crippen molar-refractivity contribution in [2.24, 2.45) is 5.92 Å². The van der Waals surface area contributed by atoms with Gasteiger partial charge in [-0.2, -0.15) is 0 Å². The Morgan fingerprint density at radius 3 is 2.43 bits per heavy atom. The van der Waals surface area contributed by atoms with E-state index in [0.717, 1.165) is 38.6 Å². The minimum Gasteiger partial charge on any atom is -0.410 e. The summed E-state index contributed by atoms with van der Waals surface area (Å²) in [5.41, 5.74) is 0. The lowest BCUT2D eigenvalue weighted by Gasteiger charge is -2.28. The number of rotatable bonds is 5. The summed E-state index contributed by atoms with van der Waals surface area (Å²) in [4.78, 5) is 14.1. The van der Waals surface area contributed by atoms with Crippen molar-refractivity contribution in [3.63, 3.8) is 0 Å². The van der Waals surface area contributed by atoms with E-state index < -0.39 is 21.1 Å². The number of hydrogen-bond donors (Lipinski definition) is 1. The summed E-state index contributed by atoms with van der Waals surface area (Å²) in [6.45, 7) is 5.49. The minimum atomic E-state index is -3.56. The van der Waals surface area contributed by atoms with Gasteiger partial charge in [-0.25, -0.2) is 13.2 Å². The fourth-order valence-electron chi connectivity index (χ4n) is 2.54. The van der Waals surface area contributed by atoms with Crippen molar-refractivity contribution in [3.05, 3.63) is 5.89 Å². The number of piperidine rings is 1. The van der Waals surface area contributed by atoms with Crippen LogP contribution in [0.2, 0.25) is 0 Å². The SMILES string of the molecule is CC(C)C[C@H](NC(=O)N1CCCCC1)c1nnc(S(C)(=O)=O)o1. The lowest BCUT2D eigenvalue weighted by molar-refractivity contribution is 0.177. The van der Waals surface area contributed by atoms with E-state index in [4.69, 9.17) is 4.42 Å². The van der Waals surface area contributed by atoms with Crippen LogP contribution in [0.4, 0.5) is 4.79 Å².